The summed E-state index contributed by atoms with van der Waals surface area (Å²) in [5.74, 6) is -0.205. The number of aromatic nitrogens is 3. The van der Waals surface area contributed by atoms with Gasteiger partial charge in [-0.3, -0.25) is 4.79 Å². The van der Waals surface area contributed by atoms with Crippen LogP contribution in [0.25, 0.3) is 0 Å². The average molecular weight is 197 g/mol. The number of nitrogens with one attached hydrogen (secondary N) is 1. The van der Waals surface area contributed by atoms with Gasteiger partial charge in [-0.25, -0.2) is 0 Å². The van der Waals surface area contributed by atoms with Crippen molar-refractivity contribution in [2.45, 2.75) is 25.9 Å². The molecule has 6 heteroatoms. The number of nitrogens with zero attached hydrogens (tertiary/aromatic N) is 3. The number of nitrogens with two attached hydrogens (primary N) is 1. The van der Waals surface area contributed by atoms with E-state index in [0.29, 0.717) is 12.2 Å². The van der Waals surface area contributed by atoms with E-state index in [4.69, 9.17) is 5.73 Å². The Kier molecular flexibility index (Phi) is 2.85. The van der Waals surface area contributed by atoms with E-state index in [1.165, 1.54) is 4.80 Å². The van der Waals surface area contributed by atoms with Gasteiger partial charge in [-0.15, -0.1) is 0 Å². The van der Waals surface area contributed by atoms with E-state index in [1.54, 1.807) is 27.1 Å². The van der Waals surface area contributed by atoms with Crippen molar-refractivity contribution >= 4 is 5.91 Å². The molecule has 3 N–H and O–H groups in total. The smallest absolute Gasteiger partial charge is 0.239 e. The molecule has 0 unspecified atom stereocenters. The van der Waals surface area contributed by atoms with Gasteiger partial charge in [0.15, 0.2) is 0 Å². The van der Waals surface area contributed by atoms with Crippen LogP contribution >= 0.6 is 0 Å². The van der Waals surface area contributed by atoms with Crippen molar-refractivity contribution in [3.05, 3.63) is 11.9 Å². The van der Waals surface area contributed by atoms with Gasteiger partial charge < -0.3 is 11.1 Å². The Morgan fingerprint density at radius 3 is 2.79 bits per heavy atom. The lowest BCUT2D eigenvalue weighted by molar-refractivity contribution is -0.125. The second-order valence-corrected chi connectivity index (χ2v) is 3.73. The van der Waals surface area contributed by atoms with Gasteiger partial charge in [-0.05, 0) is 13.8 Å². The van der Waals surface area contributed by atoms with Gasteiger partial charge in [-0.2, -0.15) is 15.0 Å². The fraction of sp³-hybridized carbons (Fsp3) is 0.625. The van der Waals surface area contributed by atoms with E-state index in [0.717, 1.165) is 0 Å². The first-order valence-corrected chi connectivity index (χ1v) is 4.32. The molecule has 78 valence electrons. The lowest BCUT2D eigenvalue weighted by Crippen LogP contribution is -2.48. The maximum absolute atomic E-state index is 11.4. The Bertz CT molecular complexity index is 325. The molecule has 1 rings (SSSR count). The summed E-state index contributed by atoms with van der Waals surface area (Å²) in [6.07, 6.45) is 1.60. The second kappa shape index (κ2) is 3.75. The van der Waals surface area contributed by atoms with Crippen molar-refractivity contribution < 1.29 is 4.79 Å². The summed E-state index contributed by atoms with van der Waals surface area (Å²) in [5.41, 5.74) is 5.45. The van der Waals surface area contributed by atoms with Crippen LogP contribution < -0.4 is 11.1 Å². The molecule has 0 fully saturated rings. The van der Waals surface area contributed by atoms with E-state index in [9.17, 15) is 4.79 Å². The van der Waals surface area contributed by atoms with E-state index in [2.05, 4.69) is 15.5 Å². The van der Waals surface area contributed by atoms with Gasteiger partial charge in [0.05, 0.1) is 18.3 Å². The van der Waals surface area contributed by atoms with E-state index in [-0.39, 0.29) is 5.91 Å². The van der Waals surface area contributed by atoms with Crippen LogP contribution in [0.15, 0.2) is 6.20 Å². The number of hydrogen-bond donors (Lipinski definition) is 2. The van der Waals surface area contributed by atoms with Gasteiger partial charge in [0.25, 0.3) is 0 Å². The second-order valence-electron chi connectivity index (χ2n) is 3.73. The van der Waals surface area contributed by atoms with Crippen molar-refractivity contribution in [1.82, 2.24) is 20.3 Å². The topological polar surface area (TPSA) is 85.8 Å². The summed E-state index contributed by atoms with van der Waals surface area (Å²) in [6.45, 7) is 3.66. The lowest BCUT2D eigenvalue weighted by Gasteiger charge is -2.16. The third-order valence-corrected chi connectivity index (χ3v) is 1.66. The van der Waals surface area contributed by atoms with Gasteiger partial charge in [0.2, 0.25) is 5.91 Å². The highest BCUT2D eigenvalue weighted by atomic mass is 16.2. The molecular weight excluding hydrogens is 182 g/mol. The number of carbonyl (C=O) groups is 1. The lowest BCUT2D eigenvalue weighted by atomic mass is 10.1. The van der Waals surface area contributed by atoms with E-state index < -0.39 is 5.54 Å². The number of rotatable bonds is 3. The summed E-state index contributed by atoms with van der Waals surface area (Å²) < 4.78 is 0. The third kappa shape index (κ3) is 2.81. The summed E-state index contributed by atoms with van der Waals surface area (Å²) in [7, 11) is 1.72. The Hall–Kier alpha value is -1.43. The molecule has 1 heterocycles. The van der Waals surface area contributed by atoms with Crippen LogP contribution in [0.2, 0.25) is 0 Å². The highest BCUT2D eigenvalue weighted by Crippen LogP contribution is 1.97. The molecule has 0 saturated heterocycles. The molecular formula is C8H15N5O. The van der Waals surface area contributed by atoms with Gasteiger partial charge in [0, 0.05) is 7.05 Å². The van der Waals surface area contributed by atoms with Crippen LogP contribution in [-0.2, 0) is 18.4 Å². The van der Waals surface area contributed by atoms with E-state index >= 15 is 0 Å². The molecule has 1 aromatic rings. The fourth-order valence-corrected chi connectivity index (χ4v) is 0.867. The first kappa shape index (κ1) is 10.6. The van der Waals surface area contributed by atoms with Crippen molar-refractivity contribution in [2.75, 3.05) is 0 Å². The molecule has 0 bridgehead atoms. The number of aryl methyl sites for hydroxylation is 1. The number of hydrogen-bond acceptors (Lipinski definition) is 4. The summed E-state index contributed by atoms with van der Waals surface area (Å²) >= 11 is 0. The Morgan fingerprint density at radius 2 is 2.36 bits per heavy atom. The fourth-order valence-electron chi connectivity index (χ4n) is 0.867. The molecule has 14 heavy (non-hydrogen) atoms. The number of carbonyl (C=O) groups excluding carboxylic acids is 1. The maximum atomic E-state index is 11.4. The Morgan fingerprint density at radius 1 is 1.71 bits per heavy atom. The molecule has 1 aromatic heterocycles. The highest BCUT2D eigenvalue weighted by molar-refractivity contribution is 5.84. The predicted molar refractivity (Wildman–Crippen MR) is 51.1 cm³/mol. The zero-order chi connectivity index (χ0) is 10.8. The van der Waals surface area contributed by atoms with Gasteiger partial charge in [0.1, 0.15) is 5.69 Å². The van der Waals surface area contributed by atoms with Crippen molar-refractivity contribution in [3.8, 4) is 0 Å². The van der Waals surface area contributed by atoms with Crippen molar-refractivity contribution in [2.24, 2.45) is 12.8 Å². The molecule has 0 aromatic carbocycles. The van der Waals surface area contributed by atoms with E-state index in [1.807, 2.05) is 0 Å². The molecule has 0 radical (unpaired) electrons. The quantitative estimate of drug-likeness (QED) is 0.662. The third-order valence-electron chi connectivity index (χ3n) is 1.66. The van der Waals surface area contributed by atoms with Crippen molar-refractivity contribution in [3.63, 3.8) is 0 Å². The zero-order valence-corrected chi connectivity index (χ0v) is 8.61. The molecule has 0 aliphatic rings. The molecule has 0 spiro atoms. The minimum absolute atomic E-state index is 0.205. The summed E-state index contributed by atoms with van der Waals surface area (Å²) in [6, 6.07) is 0. The Labute approximate surface area is 82.5 Å². The SMILES string of the molecule is Cn1ncc(CNC(=O)C(C)(C)N)n1. The molecule has 0 aliphatic heterocycles. The van der Waals surface area contributed by atoms with Gasteiger partial charge >= 0.3 is 0 Å². The molecule has 0 aliphatic carbocycles. The Balaban J connectivity index is 2.46. The normalized spacial score (nSPS) is 11.4. The minimum Gasteiger partial charge on any atom is -0.349 e. The summed E-state index contributed by atoms with van der Waals surface area (Å²) in [5, 5.41) is 10.6. The largest absolute Gasteiger partial charge is 0.349 e. The van der Waals surface area contributed by atoms with Crippen LogP contribution in [-0.4, -0.2) is 26.4 Å². The average Bonchev–Trinajstić information content (AvgIpc) is 2.45. The molecule has 1 amide bonds. The molecule has 0 atom stereocenters. The van der Waals surface area contributed by atoms with Crippen LogP contribution in [0.3, 0.4) is 0 Å². The van der Waals surface area contributed by atoms with Crippen LogP contribution in [0.4, 0.5) is 0 Å². The van der Waals surface area contributed by atoms with Crippen molar-refractivity contribution in [1.29, 1.82) is 0 Å². The monoisotopic (exact) mass is 197 g/mol. The molecule has 6 nitrogen and oxygen atoms in total. The van der Waals surface area contributed by atoms with Gasteiger partial charge in [-0.1, -0.05) is 0 Å². The maximum Gasteiger partial charge on any atom is 0.239 e. The number of amides is 1. The summed E-state index contributed by atoms with van der Waals surface area (Å²) in [4.78, 5) is 12.8. The van der Waals surface area contributed by atoms with Crippen LogP contribution in [0.5, 0.6) is 0 Å². The predicted octanol–water partition coefficient (Wildman–Crippen LogP) is -0.831. The first-order valence-electron chi connectivity index (χ1n) is 4.32. The highest BCUT2D eigenvalue weighted by Gasteiger charge is 2.21. The zero-order valence-electron chi connectivity index (χ0n) is 8.61. The van der Waals surface area contributed by atoms with Crippen LogP contribution in [0.1, 0.15) is 19.5 Å². The minimum atomic E-state index is -0.859. The van der Waals surface area contributed by atoms with Crippen LogP contribution in [0, 0.1) is 0 Å². The standard InChI is InChI=1S/C8H15N5O/c1-8(2,9)7(14)10-4-6-5-11-13(3)12-6/h5H,4,9H2,1-3H3,(H,10,14). The first-order chi connectivity index (χ1) is 6.39. The molecule has 0 saturated carbocycles.